The van der Waals surface area contributed by atoms with Gasteiger partial charge in [-0.25, -0.2) is 0 Å². The van der Waals surface area contributed by atoms with Gasteiger partial charge in [0.05, 0.1) is 13.0 Å². The molecule has 0 unspecified atom stereocenters. The second kappa shape index (κ2) is 6.64. The predicted molar refractivity (Wildman–Crippen MR) is 76.9 cm³/mol. The predicted octanol–water partition coefficient (Wildman–Crippen LogP) is 2.31. The molecule has 0 bridgehead atoms. The van der Waals surface area contributed by atoms with Gasteiger partial charge in [-0.1, -0.05) is 12.1 Å². The minimum atomic E-state index is 0.0644. The molecule has 1 aromatic heterocycles. The van der Waals surface area contributed by atoms with Crippen LogP contribution in [0, 0.1) is 0 Å². The molecule has 1 aromatic carbocycles. The van der Waals surface area contributed by atoms with E-state index in [0.717, 1.165) is 23.5 Å². The van der Waals surface area contributed by atoms with Gasteiger partial charge in [0.25, 0.3) is 0 Å². The quantitative estimate of drug-likeness (QED) is 0.743. The molecular weight excluding hydrogens is 238 g/mol. The molecule has 2 rings (SSSR count). The largest absolute Gasteiger partial charge is 0.379 e. The highest BCUT2D eigenvalue weighted by Crippen LogP contribution is 2.11. The summed E-state index contributed by atoms with van der Waals surface area (Å²) < 4.78 is 0. The average Bonchev–Trinajstić information content (AvgIpc) is 2.91. The molecule has 4 heteroatoms. The van der Waals surface area contributed by atoms with E-state index in [2.05, 4.69) is 15.6 Å². The summed E-state index contributed by atoms with van der Waals surface area (Å²) in [6, 6.07) is 12.0. The van der Waals surface area contributed by atoms with Crippen molar-refractivity contribution in [2.45, 2.75) is 19.9 Å². The van der Waals surface area contributed by atoms with E-state index in [1.54, 1.807) is 0 Å². The third-order valence-electron chi connectivity index (χ3n) is 2.84. The van der Waals surface area contributed by atoms with E-state index in [0.29, 0.717) is 13.0 Å². The molecule has 19 heavy (non-hydrogen) atoms. The molecule has 0 saturated carbocycles. The maximum absolute atomic E-state index is 11.4. The van der Waals surface area contributed by atoms with Crippen molar-refractivity contribution < 1.29 is 4.79 Å². The highest BCUT2D eigenvalue weighted by atomic mass is 16.1. The molecule has 4 nitrogen and oxygen atoms in total. The van der Waals surface area contributed by atoms with Crippen LogP contribution >= 0.6 is 0 Å². The molecule has 0 aliphatic rings. The van der Waals surface area contributed by atoms with Crippen molar-refractivity contribution in [2.24, 2.45) is 0 Å². The Balaban J connectivity index is 1.85. The van der Waals surface area contributed by atoms with Gasteiger partial charge in [-0.05, 0) is 36.8 Å². The number of hydrogen-bond acceptors (Lipinski definition) is 2. The number of nitrogens with one attached hydrogen (secondary N) is 3. The van der Waals surface area contributed by atoms with Gasteiger partial charge in [0.2, 0.25) is 5.91 Å². The standard InChI is InChI=1S/C15H19N3O/c1-2-16-15(19)10-12-5-7-13(8-6-12)18-11-14-4-3-9-17-14/h3-9,17-18H,2,10-11H2,1H3,(H,16,19). The van der Waals surface area contributed by atoms with Gasteiger partial charge in [0.15, 0.2) is 0 Å². The normalized spacial score (nSPS) is 10.2. The summed E-state index contributed by atoms with van der Waals surface area (Å²) in [6.07, 6.45) is 2.34. The van der Waals surface area contributed by atoms with Gasteiger partial charge >= 0.3 is 0 Å². The summed E-state index contributed by atoms with van der Waals surface area (Å²) in [5.41, 5.74) is 3.22. The van der Waals surface area contributed by atoms with Crippen molar-refractivity contribution in [1.29, 1.82) is 0 Å². The van der Waals surface area contributed by atoms with Crippen molar-refractivity contribution >= 4 is 11.6 Å². The van der Waals surface area contributed by atoms with Crippen LogP contribution in [0.4, 0.5) is 5.69 Å². The van der Waals surface area contributed by atoms with Crippen molar-refractivity contribution in [3.05, 3.63) is 53.9 Å². The fourth-order valence-electron chi connectivity index (χ4n) is 1.86. The molecule has 0 aliphatic heterocycles. The Morgan fingerprint density at radius 2 is 2.00 bits per heavy atom. The number of hydrogen-bond donors (Lipinski definition) is 3. The Hall–Kier alpha value is -2.23. The fourth-order valence-corrected chi connectivity index (χ4v) is 1.86. The second-order valence-corrected chi connectivity index (χ2v) is 4.38. The molecule has 0 spiro atoms. The van der Waals surface area contributed by atoms with Crippen molar-refractivity contribution in [1.82, 2.24) is 10.3 Å². The zero-order valence-electron chi connectivity index (χ0n) is 11.1. The van der Waals surface area contributed by atoms with Crippen LogP contribution in [0.1, 0.15) is 18.2 Å². The second-order valence-electron chi connectivity index (χ2n) is 4.38. The van der Waals surface area contributed by atoms with Crippen molar-refractivity contribution in [3.8, 4) is 0 Å². The van der Waals surface area contributed by atoms with Crippen LogP contribution in [-0.2, 0) is 17.8 Å². The number of carbonyl (C=O) groups excluding carboxylic acids is 1. The molecule has 1 heterocycles. The lowest BCUT2D eigenvalue weighted by Gasteiger charge is -2.07. The fraction of sp³-hybridized carbons (Fsp3) is 0.267. The highest BCUT2D eigenvalue weighted by Gasteiger charge is 2.01. The Morgan fingerprint density at radius 3 is 2.63 bits per heavy atom. The summed E-state index contributed by atoms with van der Waals surface area (Å²) in [4.78, 5) is 14.6. The van der Waals surface area contributed by atoms with Gasteiger partial charge in [-0.15, -0.1) is 0 Å². The average molecular weight is 257 g/mol. The summed E-state index contributed by atoms with van der Waals surface area (Å²) in [5.74, 6) is 0.0644. The minimum Gasteiger partial charge on any atom is -0.379 e. The smallest absolute Gasteiger partial charge is 0.224 e. The molecule has 1 amide bonds. The molecule has 100 valence electrons. The molecule has 3 N–H and O–H groups in total. The van der Waals surface area contributed by atoms with Crippen LogP contribution in [0.25, 0.3) is 0 Å². The highest BCUT2D eigenvalue weighted by molar-refractivity contribution is 5.78. The number of carbonyl (C=O) groups is 1. The summed E-state index contributed by atoms with van der Waals surface area (Å²) in [6.45, 7) is 3.36. The van der Waals surface area contributed by atoms with Crippen LogP contribution in [0.15, 0.2) is 42.6 Å². The third kappa shape index (κ3) is 4.17. The molecule has 0 atom stereocenters. The molecule has 2 aromatic rings. The Morgan fingerprint density at radius 1 is 1.21 bits per heavy atom. The van der Waals surface area contributed by atoms with Gasteiger partial charge in [-0.2, -0.15) is 0 Å². The van der Waals surface area contributed by atoms with Crippen LogP contribution in [0.5, 0.6) is 0 Å². The van der Waals surface area contributed by atoms with Crippen LogP contribution < -0.4 is 10.6 Å². The van der Waals surface area contributed by atoms with E-state index in [1.165, 1.54) is 0 Å². The van der Waals surface area contributed by atoms with Gasteiger partial charge in [0.1, 0.15) is 0 Å². The molecular formula is C15H19N3O. The first-order valence-corrected chi connectivity index (χ1v) is 6.49. The van der Waals surface area contributed by atoms with E-state index in [-0.39, 0.29) is 5.91 Å². The lowest BCUT2D eigenvalue weighted by atomic mass is 10.1. The van der Waals surface area contributed by atoms with E-state index in [1.807, 2.05) is 49.5 Å². The van der Waals surface area contributed by atoms with E-state index in [4.69, 9.17) is 0 Å². The van der Waals surface area contributed by atoms with Crippen molar-refractivity contribution in [3.63, 3.8) is 0 Å². The van der Waals surface area contributed by atoms with E-state index in [9.17, 15) is 4.79 Å². The summed E-state index contributed by atoms with van der Waals surface area (Å²) >= 11 is 0. The molecule has 0 radical (unpaired) electrons. The number of benzene rings is 1. The minimum absolute atomic E-state index is 0.0644. The van der Waals surface area contributed by atoms with Gasteiger partial charge in [-0.3, -0.25) is 4.79 Å². The first-order valence-electron chi connectivity index (χ1n) is 6.49. The van der Waals surface area contributed by atoms with Crippen LogP contribution in [-0.4, -0.2) is 17.4 Å². The number of amides is 1. The first kappa shape index (κ1) is 13.2. The number of anilines is 1. The maximum Gasteiger partial charge on any atom is 0.224 e. The van der Waals surface area contributed by atoms with E-state index >= 15 is 0 Å². The van der Waals surface area contributed by atoms with Gasteiger partial charge < -0.3 is 15.6 Å². The van der Waals surface area contributed by atoms with Crippen LogP contribution in [0.2, 0.25) is 0 Å². The van der Waals surface area contributed by atoms with E-state index < -0.39 is 0 Å². The molecule has 0 saturated heterocycles. The third-order valence-corrected chi connectivity index (χ3v) is 2.84. The SMILES string of the molecule is CCNC(=O)Cc1ccc(NCc2ccc[nH]2)cc1. The zero-order valence-corrected chi connectivity index (χ0v) is 11.1. The maximum atomic E-state index is 11.4. The zero-order chi connectivity index (χ0) is 13.5. The number of likely N-dealkylation sites (N-methyl/N-ethyl adjacent to an activating group) is 1. The Bertz CT molecular complexity index is 503. The van der Waals surface area contributed by atoms with Gasteiger partial charge in [0, 0.05) is 24.1 Å². The summed E-state index contributed by atoms with van der Waals surface area (Å²) in [7, 11) is 0. The lowest BCUT2D eigenvalue weighted by molar-refractivity contribution is -0.120. The lowest BCUT2D eigenvalue weighted by Crippen LogP contribution is -2.24. The monoisotopic (exact) mass is 257 g/mol. The number of H-pyrrole nitrogens is 1. The molecule has 0 fully saturated rings. The van der Waals surface area contributed by atoms with Crippen molar-refractivity contribution in [2.75, 3.05) is 11.9 Å². The Kier molecular flexibility index (Phi) is 4.61. The molecule has 0 aliphatic carbocycles. The number of rotatable bonds is 6. The Labute approximate surface area is 113 Å². The topological polar surface area (TPSA) is 56.9 Å². The first-order chi connectivity index (χ1) is 9.28. The summed E-state index contributed by atoms with van der Waals surface area (Å²) in [5, 5.41) is 6.11. The number of aromatic nitrogens is 1. The van der Waals surface area contributed by atoms with Crippen LogP contribution in [0.3, 0.4) is 0 Å². The number of aromatic amines is 1.